The van der Waals surface area contributed by atoms with Gasteiger partial charge in [0.15, 0.2) is 0 Å². The van der Waals surface area contributed by atoms with Crippen LogP contribution >= 0.6 is 46.4 Å². The first-order valence-electron chi connectivity index (χ1n) is 10.9. The summed E-state index contributed by atoms with van der Waals surface area (Å²) in [6.07, 6.45) is -0.0571. The molecular formula is C26H19Cl4N3O4. The standard InChI is InChI=1S/C26H19Cl4N3O4/c1-13(2)37-21-6-4-3-5-19(21)32-24(34)14-7-9-15(10-8-14)31-23-22(30)25(35)33(26(23)36)20-12-17(28)16(27)11-18(20)29/h3-13,31H,1-2H3,(H,32,34). The Kier molecular flexibility index (Phi) is 7.99. The number of halogens is 4. The molecule has 1 aliphatic rings. The Labute approximate surface area is 232 Å². The van der Waals surface area contributed by atoms with Gasteiger partial charge in [-0.3, -0.25) is 14.4 Å². The van der Waals surface area contributed by atoms with E-state index in [2.05, 4.69) is 10.6 Å². The fraction of sp³-hybridized carbons (Fsp3) is 0.115. The zero-order valence-corrected chi connectivity index (χ0v) is 22.5. The first kappa shape index (κ1) is 26.8. The number of nitrogens with zero attached hydrogens (tertiary/aromatic N) is 1. The number of hydrogen-bond acceptors (Lipinski definition) is 5. The number of benzene rings is 3. The topological polar surface area (TPSA) is 87.7 Å². The Bertz CT molecular complexity index is 1440. The molecule has 190 valence electrons. The minimum absolute atomic E-state index is 0.0507. The fourth-order valence-corrected chi connectivity index (χ4v) is 4.32. The van der Waals surface area contributed by atoms with Gasteiger partial charge in [-0.05, 0) is 62.4 Å². The molecule has 0 bridgehead atoms. The van der Waals surface area contributed by atoms with Crippen LogP contribution in [-0.4, -0.2) is 23.8 Å². The van der Waals surface area contributed by atoms with E-state index in [1.54, 1.807) is 42.5 Å². The van der Waals surface area contributed by atoms with Crippen molar-refractivity contribution >= 4 is 81.2 Å². The summed E-state index contributed by atoms with van der Waals surface area (Å²) in [5.74, 6) is -1.29. The summed E-state index contributed by atoms with van der Waals surface area (Å²) in [7, 11) is 0. The van der Waals surface area contributed by atoms with Gasteiger partial charge in [-0.15, -0.1) is 0 Å². The van der Waals surface area contributed by atoms with Crippen LogP contribution in [0.1, 0.15) is 24.2 Å². The zero-order chi connectivity index (χ0) is 26.9. The molecule has 0 radical (unpaired) electrons. The Morgan fingerprint density at radius 1 is 0.865 bits per heavy atom. The first-order valence-corrected chi connectivity index (χ1v) is 12.4. The molecule has 3 aromatic carbocycles. The average Bonchev–Trinajstić information content (AvgIpc) is 3.06. The molecule has 0 aliphatic carbocycles. The third kappa shape index (κ3) is 5.70. The Balaban J connectivity index is 1.50. The van der Waals surface area contributed by atoms with Gasteiger partial charge in [0.05, 0.1) is 32.5 Å². The lowest BCUT2D eigenvalue weighted by molar-refractivity contribution is -0.120. The molecule has 0 atom stereocenters. The molecule has 1 aliphatic heterocycles. The van der Waals surface area contributed by atoms with Gasteiger partial charge in [0.25, 0.3) is 17.7 Å². The number of carbonyl (C=O) groups excluding carboxylic acids is 3. The molecule has 4 rings (SSSR count). The van der Waals surface area contributed by atoms with Crippen LogP contribution in [0.25, 0.3) is 0 Å². The van der Waals surface area contributed by atoms with Crippen molar-refractivity contribution in [2.75, 3.05) is 15.5 Å². The normalized spacial score (nSPS) is 13.4. The maximum atomic E-state index is 13.1. The summed E-state index contributed by atoms with van der Waals surface area (Å²) in [6, 6.07) is 16.1. The molecule has 3 aromatic rings. The summed E-state index contributed by atoms with van der Waals surface area (Å²) >= 11 is 24.4. The predicted octanol–water partition coefficient (Wildman–Crippen LogP) is 7.12. The molecule has 1 heterocycles. The summed E-state index contributed by atoms with van der Waals surface area (Å²) in [5, 5.41) is 5.69. The fourth-order valence-electron chi connectivity index (χ4n) is 3.48. The smallest absolute Gasteiger partial charge is 0.283 e. The van der Waals surface area contributed by atoms with Crippen LogP contribution in [0.5, 0.6) is 5.75 Å². The summed E-state index contributed by atoms with van der Waals surface area (Å²) < 4.78 is 5.74. The highest BCUT2D eigenvalue weighted by Gasteiger charge is 2.40. The molecule has 0 unspecified atom stereocenters. The molecular weight excluding hydrogens is 560 g/mol. The van der Waals surface area contributed by atoms with E-state index in [0.717, 1.165) is 4.90 Å². The molecule has 2 N–H and O–H groups in total. The van der Waals surface area contributed by atoms with E-state index in [1.165, 1.54) is 12.1 Å². The van der Waals surface area contributed by atoms with Crippen LogP contribution in [0.4, 0.5) is 17.1 Å². The molecule has 0 fully saturated rings. The quantitative estimate of drug-likeness (QED) is 0.230. The number of para-hydroxylation sites is 2. The largest absolute Gasteiger partial charge is 0.489 e. The van der Waals surface area contributed by atoms with Gasteiger partial charge >= 0.3 is 0 Å². The van der Waals surface area contributed by atoms with Gasteiger partial charge in [0, 0.05) is 11.3 Å². The number of rotatable bonds is 7. The second kappa shape index (κ2) is 11.0. The minimum Gasteiger partial charge on any atom is -0.489 e. The minimum atomic E-state index is -0.771. The van der Waals surface area contributed by atoms with Crippen LogP contribution in [0.3, 0.4) is 0 Å². The number of anilines is 3. The van der Waals surface area contributed by atoms with Gasteiger partial charge in [0.1, 0.15) is 16.5 Å². The van der Waals surface area contributed by atoms with E-state index in [-0.39, 0.29) is 43.5 Å². The van der Waals surface area contributed by atoms with Gasteiger partial charge in [0.2, 0.25) is 0 Å². The van der Waals surface area contributed by atoms with Crippen molar-refractivity contribution in [2.45, 2.75) is 20.0 Å². The van der Waals surface area contributed by atoms with E-state index in [0.29, 0.717) is 22.7 Å². The van der Waals surface area contributed by atoms with E-state index >= 15 is 0 Å². The third-order valence-corrected chi connectivity index (χ3v) is 6.55. The van der Waals surface area contributed by atoms with Gasteiger partial charge in [-0.1, -0.05) is 58.5 Å². The maximum absolute atomic E-state index is 13.1. The molecule has 7 nitrogen and oxygen atoms in total. The number of hydrogen-bond donors (Lipinski definition) is 2. The molecule has 37 heavy (non-hydrogen) atoms. The predicted molar refractivity (Wildman–Crippen MR) is 147 cm³/mol. The number of ether oxygens (including phenoxy) is 1. The van der Waals surface area contributed by atoms with Gasteiger partial charge in [-0.2, -0.15) is 0 Å². The van der Waals surface area contributed by atoms with Crippen LogP contribution in [0.2, 0.25) is 15.1 Å². The van der Waals surface area contributed by atoms with E-state index in [4.69, 9.17) is 51.1 Å². The Hall–Kier alpha value is -3.23. The van der Waals surface area contributed by atoms with Crippen LogP contribution < -0.4 is 20.3 Å². The number of carbonyl (C=O) groups is 3. The van der Waals surface area contributed by atoms with Crippen LogP contribution in [0, 0.1) is 0 Å². The molecule has 0 saturated carbocycles. The van der Waals surface area contributed by atoms with Crippen molar-refractivity contribution in [1.82, 2.24) is 0 Å². The van der Waals surface area contributed by atoms with Crippen LogP contribution in [-0.2, 0) is 9.59 Å². The molecule has 11 heteroatoms. The highest BCUT2D eigenvalue weighted by atomic mass is 35.5. The van der Waals surface area contributed by atoms with Gasteiger partial charge in [-0.25, -0.2) is 4.90 Å². The van der Waals surface area contributed by atoms with Gasteiger partial charge < -0.3 is 15.4 Å². The van der Waals surface area contributed by atoms with Crippen molar-refractivity contribution < 1.29 is 19.1 Å². The van der Waals surface area contributed by atoms with E-state index in [1.807, 2.05) is 19.9 Å². The summed E-state index contributed by atoms with van der Waals surface area (Å²) in [5.41, 5.74) is 1.23. The molecule has 3 amide bonds. The number of nitrogens with one attached hydrogen (secondary N) is 2. The van der Waals surface area contributed by atoms with Crippen molar-refractivity contribution in [1.29, 1.82) is 0 Å². The van der Waals surface area contributed by atoms with Crippen LogP contribution in [0.15, 0.2) is 71.4 Å². The second-order valence-electron chi connectivity index (χ2n) is 8.17. The zero-order valence-electron chi connectivity index (χ0n) is 19.4. The lowest BCUT2D eigenvalue weighted by atomic mass is 10.1. The van der Waals surface area contributed by atoms with Crippen molar-refractivity contribution in [3.8, 4) is 5.75 Å². The SMILES string of the molecule is CC(C)Oc1ccccc1NC(=O)c1ccc(NC2=C(Cl)C(=O)N(c3cc(Cl)c(Cl)cc3Cl)C2=O)cc1. The van der Waals surface area contributed by atoms with Crippen molar-refractivity contribution in [3.63, 3.8) is 0 Å². The molecule has 0 spiro atoms. The average molecular weight is 579 g/mol. The monoisotopic (exact) mass is 577 g/mol. The number of imide groups is 1. The molecule has 0 aromatic heterocycles. The highest BCUT2D eigenvalue weighted by molar-refractivity contribution is 6.54. The summed E-state index contributed by atoms with van der Waals surface area (Å²) in [6.45, 7) is 3.79. The first-order chi connectivity index (χ1) is 17.6. The lowest BCUT2D eigenvalue weighted by Gasteiger charge is -2.17. The lowest BCUT2D eigenvalue weighted by Crippen LogP contribution is -2.32. The van der Waals surface area contributed by atoms with Crippen molar-refractivity contribution in [2.24, 2.45) is 0 Å². The summed E-state index contributed by atoms with van der Waals surface area (Å²) in [4.78, 5) is 39.4. The molecule has 0 saturated heterocycles. The van der Waals surface area contributed by atoms with E-state index < -0.39 is 11.8 Å². The highest BCUT2D eigenvalue weighted by Crippen LogP contribution is 2.38. The Morgan fingerprint density at radius 3 is 2.19 bits per heavy atom. The van der Waals surface area contributed by atoms with E-state index in [9.17, 15) is 14.4 Å². The number of amides is 3. The third-order valence-electron chi connectivity index (χ3n) is 5.17. The maximum Gasteiger partial charge on any atom is 0.283 e. The second-order valence-corrected chi connectivity index (χ2v) is 9.77. The van der Waals surface area contributed by atoms with Crippen molar-refractivity contribution in [3.05, 3.63) is 92.0 Å². The Morgan fingerprint density at radius 2 is 1.51 bits per heavy atom.